The van der Waals surface area contributed by atoms with E-state index in [2.05, 4.69) is 13.8 Å². The molecule has 0 nitrogen and oxygen atoms in total. The maximum Gasteiger partial charge on any atom is -0.0291 e. The Labute approximate surface area is 69.4 Å². The summed E-state index contributed by atoms with van der Waals surface area (Å²) in [6.07, 6.45) is 6.15. The lowest BCUT2D eigenvalue weighted by Crippen LogP contribution is -2.06. The predicted octanol–water partition coefficient (Wildman–Crippen LogP) is 3.08. The summed E-state index contributed by atoms with van der Waals surface area (Å²) in [5.74, 6) is 4.70. The van der Waals surface area contributed by atoms with Crippen molar-refractivity contribution in [2.24, 2.45) is 29.1 Å². The second kappa shape index (κ2) is 1.67. The first-order valence-corrected chi connectivity index (χ1v) is 5.26. The minimum atomic E-state index is 0.838. The summed E-state index contributed by atoms with van der Waals surface area (Å²) < 4.78 is 0. The van der Waals surface area contributed by atoms with Crippen molar-refractivity contribution in [3.05, 3.63) is 0 Å². The summed E-state index contributed by atoms with van der Waals surface area (Å²) in [4.78, 5) is 0. The molecule has 5 unspecified atom stereocenters. The standard InChI is InChI=1S/C11H18/c1-3-7-8-4-5-11(2)6-9(11)10(7)8/h7-10H,3-6H2,1-2H3. The smallest absolute Gasteiger partial charge is 0.0291 e. The van der Waals surface area contributed by atoms with E-state index in [1.54, 1.807) is 19.3 Å². The molecule has 3 aliphatic rings. The second-order valence-corrected chi connectivity index (χ2v) is 5.32. The molecule has 0 aliphatic heterocycles. The van der Waals surface area contributed by atoms with Gasteiger partial charge in [0.15, 0.2) is 0 Å². The van der Waals surface area contributed by atoms with Crippen molar-refractivity contribution in [2.45, 2.75) is 39.5 Å². The van der Waals surface area contributed by atoms with Gasteiger partial charge in [-0.3, -0.25) is 0 Å². The van der Waals surface area contributed by atoms with Crippen LogP contribution in [-0.2, 0) is 0 Å². The monoisotopic (exact) mass is 150 g/mol. The molecule has 3 fully saturated rings. The van der Waals surface area contributed by atoms with Gasteiger partial charge >= 0.3 is 0 Å². The Morgan fingerprint density at radius 1 is 1.45 bits per heavy atom. The molecule has 5 atom stereocenters. The van der Waals surface area contributed by atoms with Crippen molar-refractivity contribution < 1.29 is 0 Å². The molecule has 0 bridgehead atoms. The maximum atomic E-state index is 2.51. The van der Waals surface area contributed by atoms with E-state index in [1.807, 2.05) is 0 Å². The van der Waals surface area contributed by atoms with E-state index >= 15 is 0 Å². The maximum absolute atomic E-state index is 2.51. The normalized spacial score (nSPS) is 64.9. The molecule has 3 saturated carbocycles. The predicted molar refractivity (Wildman–Crippen MR) is 46.2 cm³/mol. The number of hydrogen-bond donors (Lipinski definition) is 0. The first-order valence-electron chi connectivity index (χ1n) is 5.26. The average Bonchev–Trinajstić information content (AvgIpc) is 2.78. The molecule has 3 aliphatic carbocycles. The Balaban J connectivity index is 1.79. The molecular weight excluding hydrogens is 132 g/mol. The van der Waals surface area contributed by atoms with E-state index in [-0.39, 0.29) is 0 Å². The Kier molecular flexibility index (Phi) is 0.990. The molecule has 0 spiro atoms. The summed E-state index contributed by atoms with van der Waals surface area (Å²) in [6, 6.07) is 0. The molecule has 0 aromatic rings. The van der Waals surface area contributed by atoms with Gasteiger partial charge < -0.3 is 0 Å². The third-order valence-corrected chi connectivity index (χ3v) is 4.80. The SMILES string of the molecule is CCC1C2CCC3(C)CC3C12. The highest BCUT2D eigenvalue weighted by atomic mass is 14.7. The molecule has 0 heterocycles. The molecule has 0 N–H and O–H groups in total. The lowest BCUT2D eigenvalue weighted by molar-refractivity contribution is 0.351. The zero-order valence-corrected chi connectivity index (χ0v) is 7.64. The van der Waals surface area contributed by atoms with Crippen LogP contribution in [0.1, 0.15) is 39.5 Å². The molecule has 0 radical (unpaired) electrons. The fraction of sp³-hybridized carbons (Fsp3) is 1.00. The third-order valence-electron chi connectivity index (χ3n) is 4.80. The fourth-order valence-electron chi connectivity index (χ4n) is 3.88. The van der Waals surface area contributed by atoms with Gasteiger partial charge in [0.25, 0.3) is 0 Å². The molecule has 11 heavy (non-hydrogen) atoms. The molecule has 0 amide bonds. The minimum absolute atomic E-state index is 0.838. The highest BCUT2D eigenvalue weighted by Gasteiger charge is 2.67. The van der Waals surface area contributed by atoms with Crippen LogP contribution in [0.25, 0.3) is 0 Å². The van der Waals surface area contributed by atoms with Gasteiger partial charge in [0.05, 0.1) is 0 Å². The van der Waals surface area contributed by atoms with Gasteiger partial charge in [0.1, 0.15) is 0 Å². The first-order chi connectivity index (χ1) is 5.26. The third kappa shape index (κ3) is 0.666. The van der Waals surface area contributed by atoms with Crippen molar-refractivity contribution in [1.29, 1.82) is 0 Å². The van der Waals surface area contributed by atoms with Crippen LogP contribution in [0.3, 0.4) is 0 Å². The van der Waals surface area contributed by atoms with Crippen LogP contribution in [0, 0.1) is 29.1 Å². The topological polar surface area (TPSA) is 0 Å². The number of rotatable bonds is 1. The molecule has 62 valence electrons. The second-order valence-electron chi connectivity index (χ2n) is 5.32. The summed E-state index contributed by atoms with van der Waals surface area (Å²) in [7, 11) is 0. The Morgan fingerprint density at radius 2 is 2.27 bits per heavy atom. The van der Waals surface area contributed by atoms with Crippen LogP contribution >= 0.6 is 0 Å². The Hall–Kier alpha value is 0. The van der Waals surface area contributed by atoms with E-state index in [1.165, 1.54) is 24.2 Å². The average molecular weight is 150 g/mol. The lowest BCUT2D eigenvalue weighted by Gasteiger charge is -2.15. The van der Waals surface area contributed by atoms with Crippen molar-refractivity contribution in [3.8, 4) is 0 Å². The van der Waals surface area contributed by atoms with E-state index in [0.29, 0.717) is 0 Å². The first kappa shape index (κ1) is 6.51. The minimum Gasteiger partial charge on any atom is -0.0651 e. The van der Waals surface area contributed by atoms with Gasteiger partial charge in [-0.1, -0.05) is 20.3 Å². The summed E-state index contributed by atoms with van der Waals surface area (Å²) in [5.41, 5.74) is 0.838. The molecule has 0 heteroatoms. The van der Waals surface area contributed by atoms with E-state index in [4.69, 9.17) is 0 Å². The van der Waals surface area contributed by atoms with Gasteiger partial charge in [0.2, 0.25) is 0 Å². The van der Waals surface area contributed by atoms with Crippen molar-refractivity contribution in [1.82, 2.24) is 0 Å². The fourth-order valence-corrected chi connectivity index (χ4v) is 3.88. The molecule has 0 aromatic heterocycles. The van der Waals surface area contributed by atoms with Gasteiger partial charge in [0, 0.05) is 0 Å². The van der Waals surface area contributed by atoms with Crippen molar-refractivity contribution in [2.75, 3.05) is 0 Å². The van der Waals surface area contributed by atoms with Crippen LogP contribution in [-0.4, -0.2) is 0 Å². The van der Waals surface area contributed by atoms with Crippen LogP contribution < -0.4 is 0 Å². The zero-order valence-electron chi connectivity index (χ0n) is 7.64. The molecule has 0 aromatic carbocycles. The van der Waals surface area contributed by atoms with Crippen LogP contribution in [0.2, 0.25) is 0 Å². The van der Waals surface area contributed by atoms with Gasteiger partial charge in [-0.2, -0.15) is 0 Å². The van der Waals surface area contributed by atoms with Gasteiger partial charge in [-0.15, -0.1) is 0 Å². The van der Waals surface area contributed by atoms with Crippen LogP contribution in [0.4, 0.5) is 0 Å². The number of fused-ring (bicyclic) bond motifs is 3. The molecule has 3 rings (SSSR count). The number of hydrogen-bond acceptors (Lipinski definition) is 0. The van der Waals surface area contributed by atoms with E-state index in [0.717, 1.165) is 11.3 Å². The zero-order chi connectivity index (χ0) is 7.64. The molecular formula is C11H18. The van der Waals surface area contributed by atoms with Crippen LogP contribution in [0.15, 0.2) is 0 Å². The van der Waals surface area contributed by atoms with Crippen LogP contribution in [0.5, 0.6) is 0 Å². The highest BCUT2D eigenvalue weighted by Crippen LogP contribution is 2.75. The molecule has 0 saturated heterocycles. The summed E-state index contributed by atoms with van der Waals surface area (Å²) in [5, 5.41) is 0. The summed E-state index contributed by atoms with van der Waals surface area (Å²) >= 11 is 0. The largest absolute Gasteiger partial charge is 0.0651 e. The van der Waals surface area contributed by atoms with Gasteiger partial charge in [-0.05, 0) is 48.3 Å². The van der Waals surface area contributed by atoms with Crippen molar-refractivity contribution in [3.63, 3.8) is 0 Å². The Bertz CT molecular complexity index is 192. The summed E-state index contributed by atoms with van der Waals surface area (Å²) in [6.45, 7) is 4.89. The quantitative estimate of drug-likeness (QED) is 0.539. The Morgan fingerprint density at radius 3 is 3.00 bits per heavy atom. The van der Waals surface area contributed by atoms with Gasteiger partial charge in [-0.25, -0.2) is 0 Å². The van der Waals surface area contributed by atoms with Crippen molar-refractivity contribution >= 4 is 0 Å². The lowest BCUT2D eigenvalue weighted by atomic mass is 9.90. The highest BCUT2D eigenvalue weighted by molar-refractivity contribution is 5.16. The van der Waals surface area contributed by atoms with E-state index in [9.17, 15) is 0 Å². The van der Waals surface area contributed by atoms with E-state index < -0.39 is 0 Å².